The van der Waals surface area contributed by atoms with Crippen LogP contribution in [0.2, 0.25) is 0 Å². The molecular formula is C13H17F3N2. The Hall–Kier alpha value is -1.26. The van der Waals surface area contributed by atoms with Crippen LogP contribution in [0.3, 0.4) is 0 Å². The molecule has 0 saturated heterocycles. The van der Waals surface area contributed by atoms with Crippen molar-refractivity contribution in [2.45, 2.75) is 44.8 Å². The van der Waals surface area contributed by atoms with Crippen LogP contribution in [-0.2, 0) is 6.18 Å². The van der Waals surface area contributed by atoms with Gasteiger partial charge in [0.2, 0.25) is 0 Å². The highest BCUT2D eigenvalue weighted by Gasteiger charge is 2.32. The summed E-state index contributed by atoms with van der Waals surface area (Å²) >= 11 is 0. The van der Waals surface area contributed by atoms with Crippen LogP contribution in [0.1, 0.15) is 38.3 Å². The molecule has 18 heavy (non-hydrogen) atoms. The summed E-state index contributed by atoms with van der Waals surface area (Å²) in [5.74, 6) is 0.852. The van der Waals surface area contributed by atoms with Crippen molar-refractivity contribution in [1.82, 2.24) is 4.98 Å². The fourth-order valence-corrected chi connectivity index (χ4v) is 2.48. The zero-order valence-corrected chi connectivity index (χ0v) is 10.3. The van der Waals surface area contributed by atoms with Crippen molar-refractivity contribution in [3.05, 3.63) is 23.9 Å². The number of rotatable bonds is 3. The first-order valence-electron chi connectivity index (χ1n) is 6.27. The summed E-state index contributed by atoms with van der Waals surface area (Å²) in [7, 11) is 0. The summed E-state index contributed by atoms with van der Waals surface area (Å²) < 4.78 is 37.5. The second-order valence-electron chi connectivity index (χ2n) is 4.88. The monoisotopic (exact) mass is 258 g/mol. The van der Waals surface area contributed by atoms with Gasteiger partial charge in [-0.1, -0.05) is 18.9 Å². The lowest BCUT2D eigenvalue weighted by molar-refractivity contribution is -0.141. The van der Waals surface area contributed by atoms with E-state index in [9.17, 15) is 13.2 Å². The van der Waals surface area contributed by atoms with Gasteiger partial charge in [-0.3, -0.25) is 0 Å². The van der Waals surface area contributed by atoms with Crippen LogP contribution in [-0.4, -0.2) is 11.0 Å². The third-order valence-corrected chi connectivity index (χ3v) is 3.52. The van der Waals surface area contributed by atoms with Crippen molar-refractivity contribution < 1.29 is 13.2 Å². The standard InChI is InChI=1S/C13H17F3N2/c1-9(10-5-2-3-6-10)17-12-8-4-7-11(18-12)13(14,15)16/h4,7-10H,2-3,5-6H2,1H3,(H,17,18). The fourth-order valence-electron chi connectivity index (χ4n) is 2.48. The zero-order valence-electron chi connectivity index (χ0n) is 10.3. The quantitative estimate of drug-likeness (QED) is 0.883. The lowest BCUT2D eigenvalue weighted by Gasteiger charge is -2.21. The molecule has 1 heterocycles. The second kappa shape index (κ2) is 5.16. The molecule has 0 amide bonds. The maximum atomic E-state index is 12.5. The zero-order chi connectivity index (χ0) is 13.2. The van der Waals surface area contributed by atoms with Gasteiger partial charge in [0.05, 0.1) is 0 Å². The number of pyridine rings is 1. The molecule has 1 aliphatic rings. The number of hydrogen-bond donors (Lipinski definition) is 1. The number of nitrogens with zero attached hydrogens (tertiary/aromatic N) is 1. The third kappa shape index (κ3) is 3.15. The van der Waals surface area contributed by atoms with Crippen molar-refractivity contribution in [3.63, 3.8) is 0 Å². The number of hydrogen-bond acceptors (Lipinski definition) is 2. The topological polar surface area (TPSA) is 24.9 Å². The second-order valence-corrected chi connectivity index (χ2v) is 4.88. The van der Waals surface area contributed by atoms with Crippen LogP contribution in [0.4, 0.5) is 19.0 Å². The van der Waals surface area contributed by atoms with Gasteiger partial charge in [-0.05, 0) is 37.8 Å². The van der Waals surface area contributed by atoms with Crippen molar-refractivity contribution in [2.24, 2.45) is 5.92 Å². The Labute approximate surface area is 105 Å². The van der Waals surface area contributed by atoms with Crippen molar-refractivity contribution >= 4 is 5.82 Å². The van der Waals surface area contributed by atoms with E-state index in [1.54, 1.807) is 6.07 Å². The van der Waals surface area contributed by atoms with Gasteiger partial charge >= 0.3 is 6.18 Å². The van der Waals surface area contributed by atoms with Crippen LogP contribution in [0.5, 0.6) is 0 Å². The Balaban J connectivity index is 2.04. The van der Waals surface area contributed by atoms with Crippen LogP contribution in [0.25, 0.3) is 0 Å². The van der Waals surface area contributed by atoms with Gasteiger partial charge < -0.3 is 5.32 Å². The maximum Gasteiger partial charge on any atom is 0.433 e. The van der Waals surface area contributed by atoms with Crippen molar-refractivity contribution in [3.8, 4) is 0 Å². The van der Waals surface area contributed by atoms with Crippen LogP contribution in [0, 0.1) is 5.92 Å². The molecule has 1 N–H and O–H groups in total. The highest BCUT2D eigenvalue weighted by molar-refractivity contribution is 5.37. The minimum atomic E-state index is -4.38. The van der Waals surface area contributed by atoms with Gasteiger partial charge in [0.25, 0.3) is 0 Å². The Morgan fingerprint density at radius 2 is 1.94 bits per heavy atom. The number of anilines is 1. The van der Waals surface area contributed by atoms with E-state index >= 15 is 0 Å². The summed E-state index contributed by atoms with van der Waals surface area (Å²) in [6.07, 6.45) is 0.341. The Kier molecular flexibility index (Phi) is 3.78. The molecule has 100 valence electrons. The molecule has 0 radical (unpaired) electrons. The van der Waals surface area contributed by atoms with E-state index in [0.717, 1.165) is 18.9 Å². The molecular weight excluding hydrogens is 241 g/mol. The maximum absolute atomic E-state index is 12.5. The predicted octanol–water partition coefficient (Wildman–Crippen LogP) is 4.09. The van der Waals surface area contributed by atoms with E-state index in [4.69, 9.17) is 0 Å². The highest BCUT2D eigenvalue weighted by atomic mass is 19.4. The molecule has 0 aliphatic heterocycles. The number of alkyl halides is 3. The van der Waals surface area contributed by atoms with E-state index in [-0.39, 0.29) is 6.04 Å². The molecule has 2 rings (SSSR count). The first-order valence-corrected chi connectivity index (χ1v) is 6.27. The Morgan fingerprint density at radius 1 is 1.28 bits per heavy atom. The minimum absolute atomic E-state index is 0.170. The Bertz CT molecular complexity index is 397. The summed E-state index contributed by atoms with van der Waals surface area (Å²) in [6.45, 7) is 2.01. The molecule has 1 aromatic heterocycles. The van der Waals surface area contributed by atoms with Crippen molar-refractivity contribution in [2.75, 3.05) is 5.32 Å². The molecule has 5 heteroatoms. The van der Waals surface area contributed by atoms with Gasteiger partial charge in [0, 0.05) is 6.04 Å². The molecule has 0 spiro atoms. The van der Waals surface area contributed by atoms with Gasteiger partial charge in [0.1, 0.15) is 11.5 Å². The summed E-state index contributed by atoms with van der Waals surface area (Å²) in [5.41, 5.74) is -0.842. The molecule has 0 aromatic carbocycles. The third-order valence-electron chi connectivity index (χ3n) is 3.52. The number of nitrogens with one attached hydrogen (secondary N) is 1. The van der Waals surface area contributed by atoms with E-state index < -0.39 is 11.9 Å². The number of aromatic nitrogens is 1. The van der Waals surface area contributed by atoms with Gasteiger partial charge in [0.15, 0.2) is 0 Å². The molecule has 2 nitrogen and oxygen atoms in total. The van der Waals surface area contributed by atoms with E-state index in [1.165, 1.54) is 18.9 Å². The largest absolute Gasteiger partial charge is 0.433 e. The summed E-state index contributed by atoms with van der Waals surface area (Å²) in [6, 6.07) is 4.13. The smallest absolute Gasteiger partial charge is 0.367 e. The number of halogens is 3. The molecule has 1 atom stereocenters. The first-order chi connectivity index (χ1) is 8.47. The van der Waals surface area contributed by atoms with Gasteiger partial charge in [-0.2, -0.15) is 13.2 Å². The minimum Gasteiger partial charge on any atom is -0.367 e. The molecule has 0 bridgehead atoms. The molecule has 1 unspecified atom stereocenters. The van der Waals surface area contributed by atoms with Crippen molar-refractivity contribution in [1.29, 1.82) is 0 Å². The lowest BCUT2D eigenvalue weighted by atomic mass is 10.00. The molecule has 1 aliphatic carbocycles. The van der Waals surface area contributed by atoms with Crippen LogP contribution in [0.15, 0.2) is 18.2 Å². The van der Waals surface area contributed by atoms with Gasteiger partial charge in [-0.25, -0.2) is 4.98 Å². The average molecular weight is 258 g/mol. The SMILES string of the molecule is CC(Nc1cccc(C(F)(F)F)n1)C1CCCC1. The van der Waals surface area contributed by atoms with E-state index in [1.807, 2.05) is 6.92 Å². The lowest BCUT2D eigenvalue weighted by Crippen LogP contribution is -2.24. The van der Waals surface area contributed by atoms with E-state index in [0.29, 0.717) is 11.7 Å². The van der Waals surface area contributed by atoms with Gasteiger partial charge in [-0.15, -0.1) is 0 Å². The normalized spacial score (nSPS) is 18.9. The predicted molar refractivity (Wildman–Crippen MR) is 64.3 cm³/mol. The summed E-state index contributed by atoms with van der Waals surface area (Å²) in [5, 5.41) is 3.09. The molecule has 1 fully saturated rings. The fraction of sp³-hybridized carbons (Fsp3) is 0.615. The Morgan fingerprint density at radius 3 is 2.56 bits per heavy atom. The molecule has 1 aromatic rings. The van der Waals surface area contributed by atoms with Crippen LogP contribution >= 0.6 is 0 Å². The highest BCUT2D eigenvalue weighted by Crippen LogP contribution is 2.30. The molecule has 1 saturated carbocycles. The van der Waals surface area contributed by atoms with Crippen LogP contribution < -0.4 is 5.32 Å². The first kappa shape index (κ1) is 13.2. The average Bonchev–Trinajstić information content (AvgIpc) is 2.81. The van der Waals surface area contributed by atoms with E-state index in [2.05, 4.69) is 10.3 Å². The summed E-state index contributed by atoms with van der Waals surface area (Å²) in [4.78, 5) is 3.62.